The first kappa shape index (κ1) is 20.8. The largest absolute Gasteiger partial charge is 0.325 e. The molecule has 1 N–H and O–H groups in total. The van der Waals surface area contributed by atoms with E-state index in [0.29, 0.717) is 21.6 Å². The van der Waals surface area contributed by atoms with Crippen molar-refractivity contribution in [3.8, 4) is 0 Å². The van der Waals surface area contributed by atoms with Gasteiger partial charge in [0.05, 0.1) is 11.4 Å². The summed E-state index contributed by atoms with van der Waals surface area (Å²) < 4.78 is 0. The van der Waals surface area contributed by atoms with Crippen LogP contribution in [-0.2, 0) is 9.59 Å². The Labute approximate surface area is 188 Å². The summed E-state index contributed by atoms with van der Waals surface area (Å²) in [6.07, 6.45) is 5.01. The van der Waals surface area contributed by atoms with Crippen LogP contribution in [0.3, 0.4) is 0 Å². The maximum atomic E-state index is 13.1. The predicted octanol–water partition coefficient (Wildman–Crippen LogP) is 4.85. The van der Waals surface area contributed by atoms with E-state index >= 15 is 0 Å². The van der Waals surface area contributed by atoms with Crippen LogP contribution < -0.4 is 10.2 Å². The number of para-hydroxylation sites is 1. The number of nitrogens with one attached hydrogen (secondary N) is 1. The summed E-state index contributed by atoms with van der Waals surface area (Å²) >= 11 is 7.07. The van der Waals surface area contributed by atoms with E-state index in [9.17, 15) is 9.59 Å². The molecule has 0 unspecified atom stereocenters. The number of rotatable bonds is 5. The molecule has 0 spiro atoms. The molecule has 0 aliphatic carbocycles. The number of amidine groups is 1. The third-order valence-corrected chi connectivity index (χ3v) is 5.48. The highest BCUT2D eigenvalue weighted by molar-refractivity contribution is 8.14. The highest BCUT2D eigenvalue weighted by atomic mass is 35.5. The van der Waals surface area contributed by atoms with Gasteiger partial charge in [-0.15, -0.1) is 0 Å². The van der Waals surface area contributed by atoms with Crippen LogP contribution in [0.1, 0.15) is 5.56 Å². The Kier molecular flexibility index (Phi) is 6.45. The molecule has 0 saturated heterocycles. The van der Waals surface area contributed by atoms with E-state index in [1.807, 2.05) is 36.4 Å². The molecule has 0 bridgehead atoms. The van der Waals surface area contributed by atoms with Crippen molar-refractivity contribution in [2.24, 2.45) is 4.99 Å². The average Bonchev–Trinajstić information content (AvgIpc) is 3.10. The first-order valence-corrected chi connectivity index (χ1v) is 10.7. The third kappa shape index (κ3) is 5.20. The molecule has 1 aromatic heterocycles. The second-order valence-corrected chi connectivity index (χ2v) is 7.91. The van der Waals surface area contributed by atoms with Crippen molar-refractivity contribution >= 4 is 57.8 Å². The number of aromatic nitrogens is 1. The van der Waals surface area contributed by atoms with Gasteiger partial charge in [-0.25, -0.2) is 4.99 Å². The van der Waals surface area contributed by atoms with Crippen molar-refractivity contribution in [3.05, 3.63) is 95.4 Å². The number of aliphatic imine (C=N–C) groups is 1. The highest BCUT2D eigenvalue weighted by Gasteiger charge is 2.32. The first-order valence-electron chi connectivity index (χ1n) is 9.38. The molecular weight excluding hydrogens is 432 g/mol. The standard InChI is InChI=1S/C23H17ClN4O2S/c24-17-8-10-18(11-9-17)26-21(29)15-31-23-27-20(13-16-5-4-12-25-14-16)22(30)28(23)19-6-2-1-3-7-19/h1-14H,15H2,(H,26,29)/b20-13-. The van der Waals surface area contributed by atoms with Gasteiger partial charge in [-0.1, -0.05) is 47.6 Å². The topological polar surface area (TPSA) is 74.7 Å². The van der Waals surface area contributed by atoms with Crippen molar-refractivity contribution in [1.29, 1.82) is 0 Å². The number of carbonyl (C=O) groups is 2. The number of hydrogen-bond acceptors (Lipinski definition) is 5. The van der Waals surface area contributed by atoms with E-state index in [1.54, 1.807) is 48.8 Å². The van der Waals surface area contributed by atoms with Crippen molar-refractivity contribution in [2.45, 2.75) is 0 Å². The molecule has 154 valence electrons. The summed E-state index contributed by atoms with van der Waals surface area (Å²) in [6, 6.07) is 19.7. The zero-order chi connectivity index (χ0) is 21.6. The minimum Gasteiger partial charge on any atom is -0.325 e. The van der Waals surface area contributed by atoms with Gasteiger partial charge < -0.3 is 5.32 Å². The fraction of sp³-hybridized carbons (Fsp3) is 0.0435. The quantitative estimate of drug-likeness (QED) is 0.566. The van der Waals surface area contributed by atoms with Crippen LogP contribution >= 0.6 is 23.4 Å². The molecule has 1 aliphatic heterocycles. The van der Waals surface area contributed by atoms with Crippen LogP contribution in [0.2, 0.25) is 5.02 Å². The van der Waals surface area contributed by atoms with E-state index < -0.39 is 0 Å². The first-order chi connectivity index (χ1) is 15.1. The maximum Gasteiger partial charge on any atom is 0.283 e. The Bertz CT molecular complexity index is 1150. The van der Waals surface area contributed by atoms with Crippen LogP contribution in [0.5, 0.6) is 0 Å². The van der Waals surface area contributed by atoms with E-state index in [0.717, 1.165) is 5.56 Å². The lowest BCUT2D eigenvalue weighted by Crippen LogP contribution is -2.31. The van der Waals surface area contributed by atoms with Crippen molar-refractivity contribution in [1.82, 2.24) is 4.98 Å². The molecule has 0 atom stereocenters. The molecule has 6 nitrogen and oxygen atoms in total. The molecule has 2 aromatic carbocycles. The van der Waals surface area contributed by atoms with E-state index in [-0.39, 0.29) is 23.3 Å². The summed E-state index contributed by atoms with van der Waals surface area (Å²) in [5.74, 6) is -0.367. The molecule has 0 fully saturated rings. The van der Waals surface area contributed by atoms with E-state index in [1.165, 1.54) is 16.7 Å². The van der Waals surface area contributed by atoms with Crippen molar-refractivity contribution in [3.63, 3.8) is 0 Å². The molecule has 0 radical (unpaired) electrons. The van der Waals surface area contributed by atoms with Gasteiger partial charge in [-0.3, -0.25) is 19.5 Å². The lowest BCUT2D eigenvalue weighted by molar-refractivity contribution is -0.114. The van der Waals surface area contributed by atoms with Gasteiger partial charge in [-0.2, -0.15) is 0 Å². The molecule has 31 heavy (non-hydrogen) atoms. The lowest BCUT2D eigenvalue weighted by Gasteiger charge is -2.17. The maximum absolute atomic E-state index is 13.1. The summed E-state index contributed by atoms with van der Waals surface area (Å²) in [6.45, 7) is 0. The number of carbonyl (C=O) groups excluding carboxylic acids is 2. The number of benzene rings is 2. The number of hydrogen-bond donors (Lipinski definition) is 1. The molecular formula is C23H17ClN4O2S. The Morgan fingerprint density at radius 3 is 2.55 bits per heavy atom. The molecule has 3 aromatic rings. The van der Waals surface area contributed by atoms with Crippen LogP contribution in [0.15, 0.2) is 89.8 Å². The SMILES string of the molecule is O=C(CSC1=N/C(=C\c2cccnc2)C(=O)N1c1ccccc1)Nc1ccc(Cl)cc1. The summed E-state index contributed by atoms with van der Waals surface area (Å²) in [5, 5.41) is 3.85. The van der Waals surface area contributed by atoms with Crippen molar-refractivity contribution in [2.75, 3.05) is 16.0 Å². The smallest absolute Gasteiger partial charge is 0.283 e. The van der Waals surface area contributed by atoms with E-state index in [4.69, 9.17) is 11.6 Å². The minimum absolute atomic E-state index is 0.0955. The molecule has 2 heterocycles. The molecule has 1 aliphatic rings. The van der Waals surface area contributed by atoms with Gasteiger partial charge in [-0.05, 0) is 54.1 Å². The number of thioether (sulfide) groups is 1. The van der Waals surface area contributed by atoms with Gasteiger partial charge in [0.2, 0.25) is 5.91 Å². The number of amides is 2. The lowest BCUT2D eigenvalue weighted by atomic mass is 10.2. The Morgan fingerprint density at radius 1 is 1.06 bits per heavy atom. The summed E-state index contributed by atoms with van der Waals surface area (Å²) in [7, 11) is 0. The van der Waals surface area contributed by atoms with Gasteiger partial charge in [0.25, 0.3) is 5.91 Å². The minimum atomic E-state index is -0.254. The van der Waals surface area contributed by atoms with Crippen LogP contribution in [0.25, 0.3) is 6.08 Å². The number of halogens is 1. The fourth-order valence-corrected chi connectivity index (χ4v) is 3.82. The van der Waals surface area contributed by atoms with Gasteiger partial charge in [0.15, 0.2) is 5.17 Å². The van der Waals surface area contributed by atoms with E-state index in [2.05, 4.69) is 15.3 Å². The molecule has 0 saturated carbocycles. The molecule has 8 heteroatoms. The third-order valence-electron chi connectivity index (χ3n) is 4.29. The Morgan fingerprint density at radius 2 is 1.84 bits per heavy atom. The van der Waals surface area contributed by atoms with Crippen LogP contribution in [0, 0.1) is 0 Å². The van der Waals surface area contributed by atoms with Crippen LogP contribution in [0.4, 0.5) is 11.4 Å². The predicted molar refractivity (Wildman–Crippen MR) is 126 cm³/mol. The monoisotopic (exact) mass is 448 g/mol. The Balaban J connectivity index is 1.53. The molecule has 2 amide bonds. The Hall–Kier alpha value is -3.42. The zero-order valence-corrected chi connectivity index (χ0v) is 17.8. The summed E-state index contributed by atoms with van der Waals surface area (Å²) in [5.41, 5.74) is 2.40. The summed E-state index contributed by atoms with van der Waals surface area (Å²) in [4.78, 5) is 35.6. The fourth-order valence-electron chi connectivity index (χ4n) is 2.88. The second kappa shape index (κ2) is 9.59. The van der Waals surface area contributed by atoms with Gasteiger partial charge in [0.1, 0.15) is 5.70 Å². The molecule has 4 rings (SSSR count). The highest BCUT2D eigenvalue weighted by Crippen LogP contribution is 2.29. The average molecular weight is 449 g/mol. The number of pyridine rings is 1. The van der Waals surface area contributed by atoms with Crippen LogP contribution in [-0.4, -0.2) is 27.7 Å². The zero-order valence-electron chi connectivity index (χ0n) is 16.2. The van der Waals surface area contributed by atoms with Gasteiger partial charge in [0, 0.05) is 23.1 Å². The normalized spacial score (nSPS) is 14.6. The number of anilines is 2. The van der Waals surface area contributed by atoms with Crippen molar-refractivity contribution < 1.29 is 9.59 Å². The number of nitrogens with zero attached hydrogens (tertiary/aromatic N) is 3. The van der Waals surface area contributed by atoms with Gasteiger partial charge >= 0.3 is 0 Å². The second-order valence-electron chi connectivity index (χ2n) is 6.53.